The predicted octanol–water partition coefficient (Wildman–Crippen LogP) is 2.97. The molecule has 64 valence electrons. The fourth-order valence-corrected chi connectivity index (χ4v) is 3.19. The van der Waals surface area contributed by atoms with E-state index >= 15 is 0 Å². The normalized spacial score (nSPS) is 40.3. The van der Waals surface area contributed by atoms with E-state index in [-0.39, 0.29) is 5.92 Å². The summed E-state index contributed by atoms with van der Waals surface area (Å²) < 4.78 is -0.944. The maximum Gasteiger partial charge on any atom is 0.231 e. The molecule has 0 aromatic rings. The monoisotopic (exact) mass is 214 g/mol. The fraction of sp³-hybridized carbons (Fsp3) is 0.857. The molecule has 0 aromatic carbocycles. The molecule has 1 rings (SSSR count). The van der Waals surface area contributed by atoms with E-state index in [1.54, 1.807) is 0 Å². The van der Waals surface area contributed by atoms with Gasteiger partial charge < -0.3 is 0 Å². The zero-order valence-corrected chi connectivity index (χ0v) is 8.59. The van der Waals surface area contributed by atoms with Crippen LogP contribution in [-0.4, -0.2) is 9.58 Å². The van der Waals surface area contributed by atoms with Gasteiger partial charge in [0.25, 0.3) is 0 Å². The Morgan fingerprint density at radius 3 is 1.91 bits per heavy atom. The topological polar surface area (TPSA) is 17.1 Å². The maximum atomic E-state index is 11.0. The summed E-state index contributed by atoms with van der Waals surface area (Å²) in [6, 6.07) is 0. The number of alkyl halides is 2. The summed E-state index contributed by atoms with van der Waals surface area (Å²) in [5, 5.41) is -0.419. The molecule has 1 nitrogen and oxygen atoms in total. The summed E-state index contributed by atoms with van der Waals surface area (Å²) in [5.41, 5.74) is -0.697. The summed E-state index contributed by atoms with van der Waals surface area (Å²) in [7, 11) is 0. The number of halogens is 3. The third-order valence-corrected chi connectivity index (χ3v) is 4.37. The van der Waals surface area contributed by atoms with E-state index in [0.29, 0.717) is 6.42 Å². The van der Waals surface area contributed by atoms with Crippen LogP contribution in [0.4, 0.5) is 0 Å². The molecule has 0 heterocycles. The molecule has 0 bridgehead atoms. The SMILES string of the molecule is CCC1(C(=O)Cl)C(C)C1(Cl)Cl. The van der Waals surface area contributed by atoms with E-state index in [4.69, 9.17) is 34.8 Å². The third-order valence-electron chi connectivity index (χ3n) is 2.70. The Labute approximate surface area is 81.0 Å². The van der Waals surface area contributed by atoms with Gasteiger partial charge in [-0.15, -0.1) is 23.2 Å². The maximum absolute atomic E-state index is 11.0. The van der Waals surface area contributed by atoms with Gasteiger partial charge in [-0.1, -0.05) is 13.8 Å². The third kappa shape index (κ3) is 0.944. The van der Waals surface area contributed by atoms with E-state index in [2.05, 4.69) is 0 Å². The Bertz CT molecular complexity index is 202. The average molecular weight is 216 g/mol. The lowest BCUT2D eigenvalue weighted by atomic mass is 10.0. The smallest absolute Gasteiger partial charge is 0.231 e. The molecular weight excluding hydrogens is 206 g/mol. The zero-order chi connectivity index (χ0) is 8.86. The van der Waals surface area contributed by atoms with Crippen molar-refractivity contribution in [2.45, 2.75) is 24.6 Å². The van der Waals surface area contributed by atoms with Crippen LogP contribution in [0, 0.1) is 11.3 Å². The van der Waals surface area contributed by atoms with Gasteiger partial charge in [-0.2, -0.15) is 0 Å². The summed E-state index contributed by atoms with van der Waals surface area (Å²) in [4.78, 5) is 11.0. The second-order valence-corrected chi connectivity index (χ2v) is 4.67. The molecule has 1 aliphatic rings. The molecule has 0 aliphatic heterocycles. The van der Waals surface area contributed by atoms with Gasteiger partial charge >= 0.3 is 0 Å². The quantitative estimate of drug-likeness (QED) is 0.511. The van der Waals surface area contributed by atoms with Gasteiger partial charge in [0, 0.05) is 5.92 Å². The lowest BCUT2D eigenvalue weighted by molar-refractivity contribution is -0.116. The van der Waals surface area contributed by atoms with Crippen LogP contribution in [0.1, 0.15) is 20.3 Å². The van der Waals surface area contributed by atoms with Crippen molar-refractivity contribution >= 4 is 40.0 Å². The van der Waals surface area contributed by atoms with E-state index in [1.807, 2.05) is 13.8 Å². The highest BCUT2D eigenvalue weighted by atomic mass is 35.5. The summed E-state index contributed by atoms with van der Waals surface area (Å²) >= 11 is 17.1. The van der Waals surface area contributed by atoms with Crippen molar-refractivity contribution < 1.29 is 4.79 Å². The molecule has 2 unspecified atom stereocenters. The van der Waals surface area contributed by atoms with Crippen LogP contribution in [0.15, 0.2) is 0 Å². The molecule has 2 atom stereocenters. The van der Waals surface area contributed by atoms with Crippen LogP contribution >= 0.6 is 34.8 Å². The van der Waals surface area contributed by atoms with E-state index in [9.17, 15) is 4.79 Å². The standard InChI is InChI=1S/C7H9Cl3O/c1-3-6(5(8)11)4(2)7(6,9)10/h4H,3H2,1-2H3. The molecule has 0 saturated heterocycles. The van der Waals surface area contributed by atoms with Gasteiger partial charge in [-0.25, -0.2) is 0 Å². The molecule has 0 amide bonds. The lowest BCUT2D eigenvalue weighted by Crippen LogP contribution is -2.16. The molecule has 1 saturated carbocycles. The molecule has 0 spiro atoms. The van der Waals surface area contributed by atoms with Crippen molar-refractivity contribution in [2.24, 2.45) is 11.3 Å². The summed E-state index contributed by atoms with van der Waals surface area (Å²) in [6.45, 7) is 3.70. The van der Waals surface area contributed by atoms with Crippen LogP contribution in [0.25, 0.3) is 0 Å². The molecule has 11 heavy (non-hydrogen) atoms. The second kappa shape index (κ2) is 2.51. The molecule has 0 N–H and O–H groups in total. The van der Waals surface area contributed by atoms with Crippen LogP contribution in [-0.2, 0) is 4.79 Å². The van der Waals surface area contributed by atoms with Crippen molar-refractivity contribution in [1.82, 2.24) is 0 Å². The van der Waals surface area contributed by atoms with Gasteiger partial charge in [0.05, 0.1) is 5.41 Å². The largest absolute Gasteiger partial charge is 0.281 e. The predicted molar refractivity (Wildman–Crippen MR) is 47.2 cm³/mol. The van der Waals surface area contributed by atoms with Crippen molar-refractivity contribution in [1.29, 1.82) is 0 Å². The van der Waals surface area contributed by atoms with E-state index in [1.165, 1.54) is 0 Å². The minimum absolute atomic E-state index is 0.0340. The number of rotatable bonds is 2. The summed E-state index contributed by atoms with van der Waals surface area (Å²) in [5.74, 6) is -0.0340. The van der Waals surface area contributed by atoms with Gasteiger partial charge in [0.15, 0.2) is 0 Å². The number of hydrogen-bond acceptors (Lipinski definition) is 1. The molecule has 4 heteroatoms. The average Bonchev–Trinajstić information content (AvgIpc) is 2.30. The van der Waals surface area contributed by atoms with Gasteiger partial charge in [-0.3, -0.25) is 4.79 Å². The van der Waals surface area contributed by atoms with Gasteiger partial charge in [-0.05, 0) is 18.0 Å². The van der Waals surface area contributed by atoms with E-state index in [0.717, 1.165) is 0 Å². The Hall–Kier alpha value is 0.540. The molecule has 0 aromatic heterocycles. The number of hydrogen-bond donors (Lipinski definition) is 0. The first-order valence-corrected chi connectivity index (χ1v) is 4.62. The van der Waals surface area contributed by atoms with Gasteiger partial charge in [0.1, 0.15) is 4.33 Å². The summed E-state index contributed by atoms with van der Waals surface area (Å²) in [6.07, 6.45) is 0.601. The lowest BCUT2D eigenvalue weighted by Gasteiger charge is -2.08. The van der Waals surface area contributed by atoms with Crippen molar-refractivity contribution in [3.8, 4) is 0 Å². The van der Waals surface area contributed by atoms with Crippen LogP contribution in [0.3, 0.4) is 0 Å². The van der Waals surface area contributed by atoms with Crippen molar-refractivity contribution in [2.75, 3.05) is 0 Å². The first kappa shape index (κ1) is 9.63. The first-order chi connectivity index (χ1) is 4.91. The van der Waals surface area contributed by atoms with Crippen LogP contribution < -0.4 is 0 Å². The van der Waals surface area contributed by atoms with Crippen molar-refractivity contribution in [3.05, 3.63) is 0 Å². The molecule has 1 fully saturated rings. The fourth-order valence-electron chi connectivity index (χ4n) is 1.62. The molecular formula is C7H9Cl3O. The Kier molecular flexibility index (Phi) is 2.20. The first-order valence-electron chi connectivity index (χ1n) is 3.49. The Morgan fingerprint density at radius 2 is 1.91 bits per heavy atom. The molecule has 0 radical (unpaired) electrons. The highest BCUT2D eigenvalue weighted by Gasteiger charge is 2.76. The van der Waals surface area contributed by atoms with Crippen molar-refractivity contribution in [3.63, 3.8) is 0 Å². The molecule has 1 aliphatic carbocycles. The highest BCUT2D eigenvalue weighted by molar-refractivity contribution is 6.69. The zero-order valence-electron chi connectivity index (χ0n) is 6.33. The Morgan fingerprint density at radius 1 is 1.55 bits per heavy atom. The van der Waals surface area contributed by atoms with Gasteiger partial charge in [0.2, 0.25) is 5.24 Å². The highest BCUT2D eigenvalue weighted by Crippen LogP contribution is 2.71. The minimum atomic E-state index is -0.944. The van der Waals surface area contributed by atoms with E-state index < -0.39 is 15.0 Å². The second-order valence-electron chi connectivity index (χ2n) is 2.94. The Balaban J connectivity index is 2.93. The number of carbonyl (C=O) groups is 1. The number of carbonyl (C=O) groups excluding carboxylic acids is 1. The van der Waals surface area contributed by atoms with Crippen LogP contribution in [0.5, 0.6) is 0 Å². The van der Waals surface area contributed by atoms with Crippen LogP contribution in [0.2, 0.25) is 0 Å². The minimum Gasteiger partial charge on any atom is -0.281 e.